The Labute approximate surface area is 141 Å². The molecule has 1 N–H and O–H groups in total. The number of ether oxygens (including phenoxy) is 1. The lowest BCUT2D eigenvalue weighted by atomic mass is 10.2. The topological polar surface area (TPSA) is 38.3 Å². The Morgan fingerprint density at radius 1 is 1.22 bits per heavy atom. The van der Waals surface area contributed by atoms with E-state index in [1.54, 1.807) is 12.1 Å². The molecule has 0 saturated heterocycles. The van der Waals surface area contributed by atoms with E-state index in [-0.39, 0.29) is 5.91 Å². The van der Waals surface area contributed by atoms with Crippen LogP contribution in [-0.2, 0) is 4.79 Å². The number of halogens is 1. The summed E-state index contributed by atoms with van der Waals surface area (Å²) in [6.45, 7) is 4.64. The van der Waals surface area contributed by atoms with Crippen LogP contribution in [0, 0.1) is 6.92 Å². The minimum absolute atomic E-state index is 0.193. The highest BCUT2D eigenvalue weighted by molar-refractivity contribution is 6.31. The lowest BCUT2D eigenvalue weighted by molar-refractivity contribution is -0.111. The molecular formula is C19H20ClNO2. The third-order valence-corrected chi connectivity index (χ3v) is 3.72. The molecule has 0 fully saturated rings. The van der Waals surface area contributed by atoms with Gasteiger partial charge in [-0.3, -0.25) is 4.79 Å². The Morgan fingerprint density at radius 2 is 1.96 bits per heavy atom. The van der Waals surface area contributed by atoms with E-state index in [9.17, 15) is 4.79 Å². The molecule has 0 radical (unpaired) electrons. The molecule has 120 valence electrons. The molecule has 0 saturated carbocycles. The van der Waals surface area contributed by atoms with Crippen molar-refractivity contribution < 1.29 is 9.53 Å². The molecule has 0 aliphatic rings. The maximum Gasteiger partial charge on any atom is 0.248 e. The summed E-state index contributed by atoms with van der Waals surface area (Å²) < 4.78 is 5.52. The predicted octanol–water partition coefficient (Wildman–Crippen LogP) is 5.09. The maximum absolute atomic E-state index is 12.0. The van der Waals surface area contributed by atoms with Gasteiger partial charge in [-0.1, -0.05) is 36.7 Å². The van der Waals surface area contributed by atoms with Crippen molar-refractivity contribution >= 4 is 29.3 Å². The summed E-state index contributed by atoms with van der Waals surface area (Å²) in [6.07, 6.45) is 4.24. The fourth-order valence-corrected chi connectivity index (χ4v) is 2.16. The second-order valence-electron chi connectivity index (χ2n) is 5.15. The zero-order valence-corrected chi connectivity index (χ0v) is 14.1. The highest BCUT2D eigenvalue weighted by atomic mass is 35.5. The number of nitrogens with one attached hydrogen (secondary N) is 1. The molecule has 0 heterocycles. The number of carbonyl (C=O) groups excluding carboxylic acids is 1. The molecule has 0 aliphatic heterocycles. The first-order valence-corrected chi connectivity index (χ1v) is 7.95. The third-order valence-electron chi connectivity index (χ3n) is 3.31. The van der Waals surface area contributed by atoms with E-state index in [0.717, 1.165) is 29.0 Å². The number of benzene rings is 2. The Kier molecular flexibility index (Phi) is 6.24. The maximum atomic E-state index is 12.0. The molecule has 4 heteroatoms. The van der Waals surface area contributed by atoms with Gasteiger partial charge in [0.05, 0.1) is 6.61 Å². The van der Waals surface area contributed by atoms with E-state index in [1.807, 2.05) is 43.3 Å². The molecular weight excluding hydrogens is 310 g/mol. The molecule has 0 atom stereocenters. The van der Waals surface area contributed by atoms with Crippen LogP contribution < -0.4 is 10.1 Å². The summed E-state index contributed by atoms with van der Waals surface area (Å²) in [4.78, 5) is 12.0. The van der Waals surface area contributed by atoms with E-state index in [1.165, 1.54) is 6.08 Å². The second-order valence-corrected chi connectivity index (χ2v) is 5.56. The summed E-state index contributed by atoms with van der Waals surface area (Å²) in [5.74, 6) is 0.643. The van der Waals surface area contributed by atoms with Crippen molar-refractivity contribution in [3.05, 3.63) is 64.7 Å². The molecule has 0 bridgehead atoms. The van der Waals surface area contributed by atoms with Crippen LogP contribution >= 0.6 is 11.6 Å². The van der Waals surface area contributed by atoms with Gasteiger partial charge in [0.25, 0.3) is 0 Å². The van der Waals surface area contributed by atoms with Gasteiger partial charge in [-0.2, -0.15) is 0 Å². The molecule has 1 amide bonds. The number of amides is 1. The average Bonchev–Trinajstić information content (AvgIpc) is 2.56. The minimum Gasteiger partial charge on any atom is -0.494 e. The first kappa shape index (κ1) is 17.1. The van der Waals surface area contributed by atoms with Crippen molar-refractivity contribution in [2.75, 3.05) is 11.9 Å². The summed E-state index contributed by atoms with van der Waals surface area (Å²) in [7, 11) is 0. The highest BCUT2D eigenvalue weighted by Gasteiger charge is 2.04. The Bertz CT molecular complexity index is 693. The Morgan fingerprint density at radius 3 is 2.65 bits per heavy atom. The van der Waals surface area contributed by atoms with Gasteiger partial charge in [0.2, 0.25) is 5.91 Å². The van der Waals surface area contributed by atoms with Crippen LogP contribution in [0.2, 0.25) is 5.02 Å². The smallest absolute Gasteiger partial charge is 0.248 e. The summed E-state index contributed by atoms with van der Waals surface area (Å²) in [6, 6.07) is 13.1. The molecule has 2 rings (SSSR count). The van der Waals surface area contributed by atoms with Crippen LogP contribution in [0.5, 0.6) is 5.75 Å². The number of carbonyl (C=O) groups is 1. The van der Waals surface area contributed by atoms with Crippen LogP contribution in [0.3, 0.4) is 0 Å². The van der Waals surface area contributed by atoms with Gasteiger partial charge in [0, 0.05) is 16.8 Å². The normalized spacial score (nSPS) is 10.7. The monoisotopic (exact) mass is 329 g/mol. The van der Waals surface area contributed by atoms with Crippen molar-refractivity contribution in [1.82, 2.24) is 0 Å². The van der Waals surface area contributed by atoms with Crippen LogP contribution in [0.1, 0.15) is 24.5 Å². The predicted molar refractivity (Wildman–Crippen MR) is 96.1 cm³/mol. The Hall–Kier alpha value is -2.26. The third kappa shape index (κ3) is 5.15. The molecule has 2 aromatic rings. The second kappa shape index (κ2) is 8.39. The van der Waals surface area contributed by atoms with E-state index >= 15 is 0 Å². The van der Waals surface area contributed by atoms with Crippen LogP contribution in [-0.4, -0.2) is 12.5 Å². The largest absolute Gasteiger partial charge is 0.494 e. The van der Waals surface area contributed by atoms with E-state index in [0.29, 0.717) is 11.6 Å². The van der Waals surface area contributed by atoms with E-state index in [2.05, 4.69) is 12.2 Å². The summed E-state index contributed by atoms with van der Waals surface area (Å²) >= 11 is 6.04. The Balaban J connectivity index is 1.96. The van der Waals surface area contributed by atoms with Gasteiger partial charge in [-0.15, -0.1) is 0 Å². The van der Waals surface area contributed by atoms with Crippen molar-refractivity contribution in [1.29, 1.82) is 0 Å². The molecule has 23 heavy (non-hydrogen) atoms. The molecule has 0 unspecified atom stereocenters. The average molecular weight is 330 g/mol. The van der Waals surface area contributed by atoms with E-state index < -0.39 is 0 Å². The van der Waals surface area contributed by atoms with Crippen molar-refractivity contribution in [2.24, 2.45) is 0 Å². The van der Waals surface area contributed by atoms with Crippen LogP contribution in [0.15, 0.2) is 48.5 Å². The molecule has 3 nitrogen and oxygen atoms in total. The van der Waals surface area contributed by atoms with Gasteiger partial charge in [0.1, 0.15) is 5.75 Å². The number of rotatable bonds is 6. The van der Waals surface area contributed by atoms with Gasteiger partial charge in [0.15, 0.2) is 0 Å². The highest BCUT2D eigenvalue weighted by Crippen LogP contribution is 2.23. The minimum atomic E-state index is -0.193. The number of hydrogen-bond acceptors (Lipinski definition) is 2. The zero-order chi connectivity index (χ0) is 16.7. The van der Waals surface area contributed by atoms with Crippen LogP contribution in [0.4, 0.5) is 5.69 Å². The van der Waals surface area contributed by atoms with Gasteiger partial charge < -0.3 is 10.1 Å². The fourth-order valence-electron chi connectivity index (χ4n) is 1.98. The van der Waals surface area contributed by atoms with E-state index in [4.69, 9.17) is 16.3 Å². The zero-order valence-electron chi connectivity index (χ0n) is 13.3. The van der Waals surface area contributed by atoms with Crippen molar-refractivity contribution in [3.63, 3.8) is 0 Å². The summed E-state index contributed by atoms with van der Waals surface area (Å²) in [5, 5.41) is 3.46. The van der Waals surface area contributed by atoms with Crippen molar-refractivity contribution in [3.8, 4) is 5.75 Å². The lowest BCUT2D eigenvalue weighted by Crippen LogP contribution is -2.08. The molecule has 2 aromatic carbocycles. The summed E-state index contributed by atoms with van der Waals surface area (Å²) in [5.41, 5.74) is 2.51. The first-order valence-electron chi connectivity index (χ1n) is 7.57. The number of hydrogen-bond donors (Lipinski definition) is 1. The molecule has 0 aliphatic carbocycles. The number of anilines is 1. The quantitative estimate of drug-likeness (QED) is 0.750. The fraction of sp³-hybridized carbons (Fsp3) is 0.211. The SMILES string of the molecule is CCCOc1ccc(/C=C/C(=O)Nc2cccc(Cl)c2C)cc1. The van der Waals surface area contributed by atoms with Gasteiger partial charge in [-0.25, -0.2) is 0 Å². The van der Waals surface area contributed by atoms with Crippen molar-refractivity contribution in [2.45, 2.75) is 20.3 Å². The molecule has 0 aromatic heterocycles. The van der Waals surface area contributed by atoms with Crippen LogP contribution in [0.25, 0.3) is 6.08 Å². The standard InChI is InChI=1S/C19H20ClNO2/c1-3-13-23-16-10-7-15(8-11-16)9-12-19(22)21-18-6-4-5-17(20)14(18)2/h4-12H,3,13H2,1-2H3,(H,21,22)/b12-9+. The van der Waals surface area contributed by atoms with Gasteiger partial charge in [-0.05, 0) is 54.8 Å². The molecule has 0 spiro atoms. The first-order chi connectivity index (χ1) is 11.1. The lowest BCUT2D eigenvalue weighted by Gasteiger charge is -2.07. The van der Waals surface area contributed by atoms with Gasteiger partial charge >= 0.3 is 0 Å².